The lowest BCUT2D eigenvalue weighted by Gasteiger charge is -2.24. The Morgan fingerprint density at radius 2 is 1.67 bits per heavy atom. The molecule has 1 aliphatic heterocycles. The van der Waals surface area contributed by atoms with Crippen molar-refractivity contribution in [2.24, 2.45) is 0 Å². The second kappa shape index (κ2) is 9.07. The minimum atomic E-state index is -3.47. The molecule has 136 valence electrons. The number of hydrogen-bond donors (Lipinski definition) is 0. The molecule has 0 amide bonds. The van der Waals surface area contributed by atoms with E-state index in [1.165, 1.54) is 0 Å². The third kappa shape index (κ3) is 4.64. The van der Waals surface area contributed by atoms with E-state index < -0.39 is 10.0 Å². The number of halogens is 1. The molecule has 0 unspecified atom stereocenters. The van der Waals surface area contributed by atoms with Crippen LogP contribution in [0.1, 0.15) is 52.4 Å². The van der Waals surface area contributed by atoms with Crippen molar-refractivity contribution in [1.82, 2.24) is 4.31 Å². The van der Waals surface area contributed by atoms with Crippen LogP contribution in [-0.2, 0) is 10.0 Å². The van der Waals surface area contributed by atoms with Gasteiger partial charge in [0.05, 0.1) is 15.6 Å². The largest absolute Gasteiger partial charge is 0.370 e. The Labute approximate surface area is 151 Å². The lowest BCUT2D eigenvalue weighted by molar-refractivity contribution is 0.395. The van der Waals surface area contributed by atoms with Gasteiger partial charge in [-0.3, -0.25) is 0 Å². The lowest BCUT2D eigenvalue weighted by atomic mass is 10.3. The van der Waals surface area contributed by atoms with E-state index in [-0.39, 0.29) is 0 Å². The van der Waals surface area contributed by atoms with Crippen molar-refractivity contribution in [3.05, 3.63) is 23.2 Å². The highest BCUT2D eigenvalue weighted by Crippen LogP contribution is 2.32. The summed E-state index contributed by atoms with van der Waals surface area (Å²) in [6.45, 7) is 7.22. The lowest BCUT2D eigenvalue weighted by Crippen LogP contribution is -2.33. The molecular weight excluding hydrogens is 344 g/mol. The SMILES string of the molecule is CCCCN(CCCC)S(=O)(=O)c1ccc(Cl)c(N2CCCC2)c1. The van der Waals surface area contributed by atoms with Crippen LogP contribution in [0.2, 0.25) is 5.02 Å². The zero-order valence-corrected chi connectivity index (χ0v) is 16.4. The molecule has 1 aliphatic rings. The molecule has 0 atom stereocenters. The Kier molecular flexibility index (Phi) is 7.38. The first-order valence-electron chi connectivity index (χ1n) is 9.05. The van der Waals surface area contributed by atoms with Gasteiger partial charge in [-0.15, -0.1) is 0 Å². The van der Waals surface area contributed by atoms with Crippen molar-refractivity contribution in [2.45, 2.75) is 57.3 Å². The summed E-state index contributed by atoms with van der Waals surface area (Å²) in [5, 5.41) is 0.629. The Bertz CT molecular complexity index is 620. The van der Waals surface area contributed by atoms with Gasteiger partial charge in [0.2, 0.25) is 10.0 Å². The van der Waals surface area contributed by atoms with Crippen LogP contribution in [0.4, 0.5) is 5.69 Å². The van der Waals surface area contributed by atoms with Crippen LogP contribution in [0.3, 0.4) is 0 Å². The summed E-state index contributed by atoms with van der Waals surface area (Å²) in [5.74, 6) is 0. The van der Waals surface area contributed by atoms with E-state index in [0.29, 0.717) is 23.0 Å². The number of anilines is 1. The van der Waals surface area contributed by atoms with E-state index in [1.54, 1.807) is 22.5 Å². The third-order valence-corrected chi connectivity index (χ3v) is 6.74. The van der Waals surface area contributed by atoms with Gasteiger partial charge in [-0.05, 0) is 43.9 Å². The van der Waals surface area contributed by atoms with Crippen LogP contribution in [0, 0.1) is 0 Å². The molecule has 0 radical (unpaired) electrons. The van der Waals surface area contributed by atoms with Gasteiger partial charge >= 0.3 is 0 Å². The van der Waals surface area contributed by atoms with Crippen LogP contribution in [0.25, 0.3) is 0 Å². The molecule has 1 aromatic carbocycles. The van der Waals surface area contributed by atoms with Gasteiger partial charge in [0, 0.05) is 26.2 Å². The molecule has 1 aromatic rings. The van der Waals surface area contributed by atoms with Crippen molar-refractivity contribution in [1.29, 1.82) is 0 Å². The molecule has 1 fully saturated rings. The predicted molar refractivity (Wildman–Crippen MR) is 101 cm³/mol. The van der Waals surface area contributed by atoms with Crippen molar-refractivity contribution in [3.63, 3.8) is 0 Å². The Hall–Kier alpha value is -0.780. The second-order valence-electron chi connectivity index (χ2n) is 6.42. The van der Waals surface area contributed by atoms with E-state index in [4.69, 9.17) is 11.6 Å². The smallest absolute Gasteiger partial charge is 0.243 e. The van der Waals surface area contributed by atoms with Gasteiger partial charge in [0.15, 0.2) is 0 Å². The van der Waals surface area contributed by atoms with Gasteiger partial charge in [-0.1, -0.05) is 38.3 Å². The standard InChI is InChI=1S/C18H29ClN2O2S/c1-3-5-13-21(14-6-4-2)24(22,23)16-9-10-17(19)18(15-16)20-11-7-8-12-20/h9-10,15H,3-8,11-14H2,1-2H3. The van der Waals surface area contributed by atoms with Gasteiger partial charge in [-0.2, -0.15) is 4.31 Å². The van der Waals surface area contributed by atoms with Gasteiger partial charge in [0.25, 0.3) is 0 Å². The maximum Gasteiger partial charge on any atom is 0.243 e. The second-order valence-corrected chi connectivity index (χ2v) is 8.76. The first-order valence-corrected chi connectivity index (χ1v) is 10.9. The number of nitrogens with zero attached hydrogens (tertiary/aromatic N) is 2. The van der Waals surface area contributed by atoms with Crippen LogP contribution in [0.15, 0.2) is 23.1 Å². The van der Waals surface area contributed by atoms with Crippen molar-refractivity contribution in [2.75, 3.05) is 31.1 Å². The van der Waals surface area contributed by atoms with Gasteiger partial charge < -0.3 is 4.90 Å². The first-order chi connectivity index (χ1) is 11.5. The number of rotatable bonds is 9. The van der Waals surface area contributed by atoms with Crippen LogP contribution < -0.4 is 4.90 Å². The molecule has 1 heterocycles. The summed E-state index contributed by atoms with van der Waals surface area (Å²) in [4.78, 5) is 2.55. The molecule has 0 spiro atoms. The highest BCUT2D eigenvalue weighted by Gasteiger charge is 2.25. The average molecular weight is 373 g/mol. The monoisotopic (exact) mass is 372 g/mol. The molecule has 2 rings (SSSR count). The van der Waals surface area contributed by atoms with E-state index in [1.807, 2.05) is 0 Å². The number of hydrogen-bond acceptors (Lipinski definition) is 3. The first kappa shape index (κ1) is 19.5. The van der Waals surface area contributed by atoms with Crippen LogP contribution in [-0.4, -0.2) is 38.9 Å². The average Bonchev–Trinajstić information content (AvgIpc) is 3.09. The molecule has 0 N–H and O–H groups in total. The summed E-state index contributed by atoms with van der Waals surface area (Å²) in [6.07, 6.45) is 6.00. The third-order valence-electron chi connectivity index (χ3n) is 4.52. The molecule has 0 aromatic heterocycles. The molecule has 24 heavy (non-hydrogen) atoms. The summed E-state index contributed by atoms with van der Waals surface area (Å²) in [5.41, 5.74) is 0.848. The van der Waals surface area contributed by atoms with Crippen LogP contribution >= 0.6 is 11.6 Å². The van der Waals surface area contributed by atoms with Gasteiger partial charge in [-0.25, -0.2) is 8.42 Å². The van der Waals surface area contributed by atoms with Crippen molar-refractivity contribution < 1.29 is 8.42 Å². The fourth-order valence-corrected chi connectivity index (χ4v) is 4.80. The molecule has 6 heteroatoms. The normalized spacial score (nSPS) is 15.4. The number of benzene rings is 1. The quantitative estimate of drug-likeness (QED) is 0.639. The fourth-order valence-electron chi connectivity index (χ4n) is 3.02. The maximum atomic E-state index is 13.1. The van der Waals surface area contributed by atoms with Crippen molar-refractivity contribution in [3.8, 4) is 0 Å². The van der Waals surface area contributed by atoms with Gasteiger partial charge in [0.1, 0.15) is 0 Å². The van der Waals surface area contributed by atoms with E-state index in [9.17, 15) is 8.42 Å². The van der Waals surface area contributed by atoms with E-state index >= 15 is 0 Å². The summed E-state index contributed by atoms with van der Waals surface area (Å²) in [6, 6.07) is 5.12. The van der Waals surface area contributed by atoms with E-state index in [0.717, 1.165) is 57.3 Å². The molecule has 4 nitrogen and oxygen atoms in total. The zero-order valence-electron chi connectivity index (χ0n) is 14.8. The minimum absolute atomic E-state index is 0.362. The number of sulfonamides is 1. The fraction of sp³-hybridized carbons (Fsp3) is 0.667. The predicted octanol–water partition coefficient (Wildman–Crippen LogP) is 4.53. The Morgan fingerprint density at radius 3 is 2.21 bits per heavy atom. The molecule has 0 saturated carbocycles. The molecule has 0 aliphatic carbocycles. The van der Waals surface area contributed by atoms with Crippen molar-refractivity contribution >= 4 is 27.3 Å². The molecule has 1 saturated heterocycles. The summed E-state index contributed by atoms with van der Waals surface area (Å²) >= 11 is 6.32. The molecule has 0 bridgehead atoms. The highest BCUT2D eigenvalue weighted by atomic mass is 35.5. The highest BCUT2D eigenvalue weighted by molar-refractivity contribution is 7.89. The minimum Gasteiger partial charge on any atom is -0.370 e. The zero-order chi connectivity index (χ0) is 17.6. The Morgan fingerprint density at radius 1 is 1.08 bits per heavy atom. The number of unbranched alkanes of at least 4 members (excludes halogenated alkanes) is 2. The maximum absolute atomic E-state index is 13.1. The van der Waals surface area contributed by atoms with E-state index in [2.05, 4.69) is 18.7 Å². The topological polar surface area (TPSA) is 40.6 Å². The summed E-state index contributed by atoms with van der Waals surface area (Å²) in [7, 11) is -3.47. The summed E-state index contributed by atoms with van der Waals surface area (Å²) < 4.78 is 27.8. The Balaban J connectivity index is 2.30. The molecular formula is C18H29ClN2O2S. The van der Waals surface area contributed by atoms with Crippen LogP contribution in [0.5, 0.6) is 0 Å².